The maximum Gasteiger partial charge on any atom is 0.148 e. The van der Waals surface area contributed by atoms with Crippen molar-refractivity contribution in [2.75, 3.05) is 32.2 Å². The first-order valence-electron chi connectivity index (χ1n) is 5.45. The van der Waals surface area contributed by atoms with Crippen LogP contribution >= 0.6 is 11.3 Å². The van der Waals surface area contributed by atoms with Crippen molar-refractivity contribution in [2.24, 2.45) is 0 Å². The van der Waals surface area contributed by atoms with Crippen molar-refractivity contribution >= 4 is 21.2 Å². The normalized spacial score (nSPS) is 11.3. The third kappa shape index (κ3) is 6.17. The summed E-state index contributed by atoms with van der Waals surface area (Å²) in [5, 5.41) is 8.59. The number of hydrogen-bond acceptors (Lipinski definition) is 5. The summed E-state index contributed by atoms with van der Waals surface area (Å²) in [6.07, 6.45) is 1.24. The van der Waals surface area contributed by atoms with Gasteiger partial charge < -0.3 is 10.0 Å². The Morgan fingerprint density at radius 1 is 1.44 bits per heavy atom. The monoisotopic (exact) mass is 287 g/mol. The van der Waals surface area contributed by atoms with E-state index in [1.54, 1.807) is 11.3 Å². The fourth-order valence-corrected chi connectivity index (χ4v) is 2.93. The third-order valence-electron chi connectivity index (χ3n) is 2.22. The first kappa shape index (κ1) is 15.2. The van der Waals surface area contributed by atoms with Crippen LogP contribution in [0, 0.1) is 11.8 Å². The van der Waals surface area contributed by atoms with Crippen molar-refractivity contribution in [3.63, 3.8) is 0 Å². The number of sulfone groups is 1. The van der Waals surface area contributed by atoms with Gasteiger partial charge in [-0.1, -0.05) is 11.8 Å². The molecule has 0 bridgehead atoms. The van der Waals surface area contributed by atoms with Crippen LogP contribution < -0.4 is 0 Å². The number of aliphatic hydroxyl groups is 1. The van der Waals surface area contributed by atoms with E-state index in [9.17, 15) is 8.42 Å². The molecule has 1 N–H and O–H groups in total. The molecule has 1 aromatic rings. The molecule has 1 rings (SSSR count). The molecule has 0 spiro atoms. The predicted octanol–water partition coefficient (Wildman–Crippen LogP) is 0.568. The molecule has 1 heterocycles. The highest BCUT2D eigenvalue weighted by atomic mass is 32.2. The minimum Gasteiger partial charge on any atom is -0.384 e. The van der Waals surface area contributed by atoms with Gasteiger partial charge in [0, 0.05) is 24.2 Å². The summed E-state index contributed by atoms with van der Waals surface area (Å²) < 4.78 is 22.1. The molecule has 0 radical (unpaired) electrons. The van der Waals surface area contributed by atoms with E-state index in [0.29, 0.717) is 13.1 Å². The summed E-state index contributed by atoms with van der Waals surface area (Å²) in [5.74, 6) is 5.62. The molecule has 0 aromatic carbocycles. The van der Waals surface area contributed by atoms with Crippen molar-refractivity contribution in [1.29, 1.82) is 0 Å². The van der Waals surface area contributed by atoms with Gasteiger partial charge in [0.05, 0.1) is 10.6 Å². The highest BCUT2D eigenvalue weighted by Gasteiger charge is 2.07. The Kier molecular flexibility index (Phi) is 5.82. The summed E-state index contributed by atoms with van der Waals surface area (Å²) >= 11 is 1.56. The third-order valence-corrected chi connectivity index (χ3v) is 4.13. The molecule has 0 saturated heterocycles. The molecule has 18 heavy (non-hydrogen) atoms. The van der Waals surface area contributed by atoms with Gasteiger partial charge in [-0.2, -0.15) is 0 Å². The number of nitrogens with zero attached hydrogens (tertiary/aromatic N) is 1. The molecule has 0 atom stereocenters. The topological polar surface area (TPSA) is 57.6 Å². The van der Waals surface area contributed by atoms with Crippen molar-refractivity contribution in [2.45, 2.75) is 6.54 Å². The lowest BCUT2D eigenvalue weighted by Gasteiger charge is -2.14. The molecule has 4 nitrogen and oxygen atoms in total. The van der Waals surface area contributed by atoms with Crippen molar-refractivity contribution in [3.05, 3.63) is 21.9 Å². The average molecular weight is 287 g/mol. The zero-order valence-corrected chi connectivity index (χ0v) is 12.1. The molecule has 0 fully saturated rings. The van der Waals surface area contributed by atoms with E-state index in [-0.39, 0.29) is 12.4 Å². The number of rotatable bonds is 5. The second-order valence-corrected chi connectivity index (χ2v) is 7.52. The molecule has 100 valence electrons. The minimum atomic E-state index is -2.91. The summed E-state index contributed by atoms with van der Waals surface area (Å²) in [6.45, 7) is 1.09. The SMILES string of the molecule is CN(CCS(C)(=O)=O)Cc1ccc(C#CCO)s1. The van der Waals surface area contributed by atoms with Crippen LogP contribution in [0.5, 0.6) is 0 Å². The van der Waals surface area contributed by atoms with Gasteiger partial charge in [-0.15, -0.1) is 11.3 Å². The van der Waals surface area contributed by atoms with E-state index in [2.05, 4.69) is 11.8 Å². The summed E-state index contributed by atoms with van der Waals surface area (Å²) in [4.78, 5) is 4.01. The van der Waals surface area contributed by atoms with Crippen LogP contribution in [0.4, 0.5) is 0 Å². The highest BCUT2D eigenvalue weighted by Crippen LogP contribution is 2.16. The quantitative estimate of drug-likeness (QED) is 0.804. The van der Waals surface area contributed by atoms with Crippen LogP contribution in [-0.2, 0) is 16.4 Å². The van der Waals surface area contributed by atoms with E-state index in [0.717, 1.165) is 9.75 Å². The largest absolute Gasteiger partial charge is 0.384 e. The van der Waals surface area contributed by atoms with Gasteiger partial charge in [0.25, 0.3) is 0 Å². The number of thiophene rings is 1. The Labute approximate surface area is 112 Å². The maximum atomic E-state index is 11.0. The Morgan fingerprint density at radius 3 is 2.78 bits per heavy atom. The lowest BCUT2D eigenvalue weighted by Crippen LogP contribution is -2.24. The Hall–Kier alpha value is -0.870. The average Bonchev–Trinajstić information content (AvgIpc) is 2.70. The Balaban J connectivity index is 2.49. The molecule has 0 amide bonds. The zero-order chi connectivity index (χ0) is 13.6. The van der Waals surface area contributed by atoms with Gasteiger partial charge in [0.2, 0.25) is 0 Å². The zero-order valence-electron chi connectivity index (χ0n) is 10.5. The molecule has 6 heteroatoms. The number of aliphatic hydroxyl groups excluding tert-OH is 1. The van der Waals surface area contributed by atoms with Crippen molar-refractivity contribution in [3.8, 4) is 11.8 Å². The van der Waals surface area contributed by atoms with Crippen LogP contribution in [0.3, 0.4) is 0 Å². The molecule has 0 saturated carbocycles. The van der Waals surface area contributed by atoms with E-state index in [1.165, 1.54) is 6.26 Å². The molecule has 0 unspecified atom stereocenters. The van der Waals surface area contributed by atoms with Crippen molar-refractivity contribution < 1.29 is 13.5 Å². The Morgan fingerprint density at radius 2 is 2.17 bits per heavy atom. The second kappa shape index (κ2) is 6.90. The van der Waals surface area contributed by atoms with Crippen LogP contribution in [0.15, 0.2) is 12.1 Å². The van der Waals surface area contributed by atoms with Crippen LogP contribution in [0.1, 0.15) is 9.75 Å². The van der Waals surface area contributed by atoms with Gasteiger partial charge in [0.1, 0.15) is 16.4 Å². The van der Waals surface area contributed by atoms with E-state index < -0.39 is 9.84 Å². The summed E-state index contributed by atoms with van der Waals surface area (Å²) in [7, 11) is -1.01. The van der Waals surface area contributed by atoms with E-state index in [1.807, 2.05) is 24.1 Å². The lowest BCUT2D eigenvalue weighted by atomic mass is 10.4. The van der Waals surface area contributed by atoms with Crippen LogP contribution in [0.25, 0.3) is 0 Å². The molecule has 1 aromatic heterocycles. The van der Waals surface area contributed by atoms with E-state index in [4.69, 9.17) is 5.11 Å². The summed E-state index contributed by atoms with van der Waals surface area (Å²) in [5.41, 5.74) is 0. The van der Waals surface area contributed by atoms with Gasteiger partial charge in [-0.3, -0.25) is 0 Å². The van der Waals surface area contributed by atoms with Crippen LogP contribution in [0.2, 0.25) is 0 Å². The van der Waals surface area contributed by atoms with Gasteiger partial charge in [-0.25, -0.2) is 8.42 Å². The fraction of sp³-hybridized carbons (Fsp3) is 0.500. The summed E-state index contributed by atoms with van der Waals surface area (Å²) in [6, 6.07) is 3.88. The molecular formula is C12H17NO3S2. The highest BCUT2D eigenvalue weighted by molar-refractivity contribution is 7.90. The van der Waals surface area contributed by atoms with Crippen LogP contribution in [-0.4, -0.2) is 50.6 Å². The molecule has 0 aliphatic carbocycles. The van der Waals surface area contributed by atoms with Crippen molar-refractivity contribution in [1.82, 2.24) is 4.90 Å². The maximum absolute atomic E-state index is 11.0. The lowest BCUT2D eigenvalue weighted by molar-refractivity contribution is 0.349. The van der Waals surface area contributed by atoms with Gasteiger partial charge in [0.15, 0.2) is 0 Å². The Bertz CT molecular complexity index is 537. The molecule has 0 aliphatic rings. The second-order valence-electron chi connectivity index (χ2n) is 4.09. The predicted molar refractivity (Wildman–Crippen MR) is 74.3 cm³/mol. The standard InChI is InChI=1S/C12H17NO3S2/c1-13(7-9-18(2,15)16)10-12-6-5-11(17-12)4-3-8-14/h5-6,14H,7-10H2,1-2H3. The van der Waals surface area contributed by atoms with E-state index >= 15 is 0 Å². The molecular weight excluding hydrogens is 270 g/mol. The minimum absolute atomic E-state index is 0.137. The van der Waals surface area contributed by atoms with Gasteiger partial charge in [-0.05, 0) is 19.2 Å². The first-order valence-corrected chi connectivity index (χ1v) is 8.33. The number of hydrogen-bond donors (Lipinski definition) is 1. The first-order chi connectivity index (χ1) is 8.40. The van der Waals surface area contributed by atoms with Gasteiger partial charge >= 0.3 is 0 Å². The fourth-order valence-electron chi connectivity index (χ4n) is 1.32. The smallest absolute Gasteiger partial charge is 0.148 e. The molecule has 0 aliphatic heterocycles.